The Hall–Kier alpha value is -1.62. The Balaban J connectivity index is 1.50. The van der Waals surface area contributed by atoms with Crippen molar-refractivity contribution in [3.63, 3.8) is 0 Å². The number of rotatable bonds is 3. The summed E-state index contributed by atoms with van der Waals surface area (Å²) in [7, 11) is 1.93. The van der Waals surface area contributed by atoms with Gasteiger partial charge < -0.3 is 9.80 Å². The lowest BCUT2D eigenvalue weighted by Crippen LogP contribution is -2.50. The zero-order valence-corrected chi connectivity index (χ0v) is 12.0. The van der Waals surface area contributed by atoms with E-state index in [0.717, 1.165) is 51.4 Å². The molecule has 0 saturated carbocycles. The monoisotopic (exact) mass is 274 g/mol. The number of likely N-dealkylation sites (N-methyl/N-ethyl adjacent to an activating group) is 1. The molecule has 5 heteroatoms. The summed E-state index contributed by atoms with van der Waals surface area (Å²) < 4.78 is 0. The Morgan fingerprint density at radius 3 is 2.65 bits per heavy atom. The molecule has 20 heavy (non-hydrogen) atoms. The van der Waals surface area contributed by atoms with Crippen LogP contribution >= 0.6 is 0 Å². The fraction of sp³-hybridized carbons (Fsp3) is 0.600. The van der Waals surface area contributed by atoms with E-state index in [1.54, 1.807) is 0 Å². The first-order valence-corrected chi connectivity index (χ1v) is 7.38. The number of carbonyl (C=O) groups excluding carboxylic acids is 1. The number of hydrogen-bond donors (Lipinski definition) is 0. The van der Waals surface area contributed by atoms with Crippen LogP contribution in [0.1, 0.15) is 12.8 Å². The van der Waals surface area contributed by atoms with E-state index in [9.17, 15) is 4.79 Å². The van der Waals surface area contributed by atoms with E-state index in [1.165, 1.54) is 0 Å². The molecule has 108 valence electrons. The predicted molar refractivity (Wildman–Crippen MR) is 78.7 cm³/mol. The molecule has 1 aromatic rings. The lowest BCUT2D eigenvalue weighted by atomic mass is 10.2. The van der Waals surface area contributed by atoms with Gasteiger partial charge in [-0.25, -0.2) is 4.98 Å². The largest absolute Gasteiger partial charge is 0.354 e. The van der Waals surface area contributed by atoms with Crippen molar-refractivity contribution in [2.24, 2.45) is 0 Å². The normalized spacial score (nSPS) is 24.4. The molecule has 0 N–H and O–H groups in total. The van der Waals surface area contributed by atoms with Gasteiger partial charge >= 0.3 is 0 Å². The highest BCUT2D eigenvalue weighted by molar-refractivity contribution is 5.78. The highest BCUT2D eigenvalue weighted by Gasteiger charge is 2.30. The number of anilines is 1. The van der Waals surface area contributed by atoms with Crippen molar-refractivity contribution in [3.05, 3.63) is 24.4 Å². The third kappa shape index (κ3) is 2.77. The molecule has 0 spiro atoms. The van der Waals surface area contributed by atoms with Gasteiger partial charge in [0, 0.05) is 58.4 Å². The Bertz CT molecular complexity index is 456. The van der Waals surface area contributed by atoms with Crippen LogP contribution in [0.25, 0.3) is 0 Å². The SMILES string of the molecule is CN1C(=O)CCC1CN1CCN(c2ccccn2)CC1. The molecule has 1 unspecified atom stereocenters. The second kappa shape index (κ2) is 5.79. The van der Waals surface area contributed by atoms with E-state index < -0.39 is 0 Å². The quantitative estimate of drug-likeness (QED) is 0.818. The summed E-state index contributed by atoms with van der Waals surface area (Å²) in [6.45, 7) is 5.14. The minimum Gasteiger partial charge on any atom is -0.354 e. The van der Waals surface area contributed by atoms with E-state index >= 15 is 0 Å². The first-order valence-electron chi connectivity index (χ1n) is 7.38. The van der Waals surface area contributed by atoms with Crippen molar-refractivity contribution in [2.75, 3.05) is 44.7 Å². The zero-order valence-electron chi connectivity index (χ0n) is 12.0. The van der Waals surface area contributed by atoms with Crippen molar-refractivity contribution in [2.45, 2.75) is 18.9 Å². The summed E-state index contributed by atoms with van der Waals surface area (Å²) in [5.41, 5.74) is 0. The van der Waals surface area contributed by atoms with Crippen molar-refractivity contribution in [3.8, 4) is 0 Å². The highest BCUT2D eigenvalue weighted by Crippen LogP contribution is 2.19. The molecule has 0 radical (unpaired) electrons. The highest BCUT2D eigenvalue weighted by atomic mass is 16.2. The maximum absolute atomic E-state index is 11.6. The van der Waals surface area contributed by atoms with Crippen molar-refractivity contribution in [1.82, 2.24) is 14.8 Å². The van der Waals surface area contributed by atoms with Crippen LogP contribution in [-0.4, -0.2) is 66.5 Å². The van der Waals surface area contributed by atoms with Gasteiger partial charge in [0.2, 0.25) is 5.91 Å². The molecular weight excluding hydrogens is 252 g/mol. The van der Waals surface area contributed by atoms with Gasteiger partial charge in [0.25, 0.3) is 0 Å². The third-order valence-corrected chi connectivity index (χ3v) is 4.45. The van der Waals surface area contributed by atoms with Crippen LogP contribution in [0.2, 0.25) is 0 Å². The molecule has 0 aliphatic carbocycles. The summed E-state index contributed by atoms with van der Waals surface area (Å²) in [5, 5.41) is 0. The average Bonchev–Trinajstić information content (AvgIpc) is 2.81. The summed E-state index contributed by atoms with van der Waals surface area (Å²) in [6.07, 6.45) is 3.58. The molecule has 1 atom stereocenters. The topological polar surface area (TPSA) is 39.7 Å². The van der Waals surface area contributed by atoms with Crippen molar-refractivity contribution in [1.29, 1.82) is 0 Å². The van der Waals surface area contributed by atoms with Crippen molar-refractivity contribution < 1.29 is 4.79 Å². The molecule has 1 aromatic heterocycles. The number of carbonyl (C=O) groups is 1. The van der Waals surface area contributed by atoms with Gasteiger partial charge in [-0.3, -0.25) is 9.69 Å². The smallest absolute Gasteiger partial charge is 0.222 e. The molecule has 2 aliphatic rings. The number of nitrogens with zero attached hydrogens (tertiary/aromatic N) is 4. The minimum absolute atomic E-state index is 0.294. The number of likely N-dealkylation sites (tertiary alicyclic amines) is 1. The molecule has 0 bridgehead atoms. The van der Waals surface area contributed by atoms with Gasteiger partial charge in [0.15, 0.2) is 0 Å². The van der Waals surface area contributed by atoms with E-state index in [2.05, 4.69) is 20.9 Å². The van der Waals surface area contributed by atoms with Gasteiger partial charge in [-0.2, -0.15) is 0 Å². The Kier molecular flexibility index (Phi) is 3.87. The molecule has 5 nitrogen and oxygen atoms in total. The number of pyridine rings is 1. The van der Waals surface area contributed by atoms with Crippen LogP contribution in [0.15, 0.2) is 24.4 Å². The summed E-state index contributed by atoms with van der Waals surface area (Å²) >= 11 is 0. The van der Waals surface area contributed by atoms with Gasteiger partial charge in [0.1, 0.15) is 5.82 Å². The Labute approximate surface area is 120 Å². The molecule has 1 amide bonds. The fourth-order valence-corrected chi connectivity index (χ4v) is 3.08. The molecule has 0 aromatic carbocycles. The molecular formula is C15H22N4O. The molecule has 3 rings (SSSR count). The molecule has 2 aliphatic heterocycles. The van der Waals surface area contributed by atoms with Crippen molar-refractivity contribution >= 4 is 11.7 Å². The van der Waals surface area contributed by atoms with Crippen LogP contribution in [0.5, 0.6) is 0 Å². The second-order valence-electron chi connectivity index (χ2n) is 5.67. The van der Waals surface area contributed by atoms with E-state index in [-0.39, 0.29) is 0 Å². The van der Waals surface area contributed by atoms with E-state index in [0.29, 0.717) is 11.9 Å². The first kappa shape index (κ1) is 13.4. The minimum atomic E-state index is 0.294. The third-order valence-electron chi connectivity index (χ3n) is 4.45. The number of aromatic nitrogens is 1. The molecule has 2 saturated heterocycles. The summed E-state index contributed by atoms with van der Waals surface area (Å²) in [5.74, 6) is 1.36. The Morgan fingerprint density at radius 2 is 2.05 bits per heavy atom. The molecule has 3 heterocycles. The maximum Gasteiger partial charge on any atom is 0.222 e. The number of piperazine rings is 1. The standard InChI is InChI=1S/C15H22N4O/c1-17-13(5-6-15(17)20)12-18-8-10-19(11-9-18)14-4-2-3-7-16-14/h2-4,7,13H,5-6,8-12H2,1H3. The number of hydrogen-bond acceptors (Lipinski definition) is 4. The Morgan fingerprint density at radius 1 is 1.25 bits per heavy atom. The fourth-order valence-electron chi connectivity index (χ4n) is 3.08. The van der Waals surface area contributed by atoms with Gasteiger partial charge in [-0.05, 0) is 18.6 Å². The van der Waals surface area contributed by atoms with Crippen LogP contribution in [-0.2, 0) is 4.79 Å². The lowest BCUT2D eigenvalue weighted by Gasteiger charge is -2.37. The number of amides is 1. The average molecular weight is 274 g/mol. The van der Waals surface area contributed by atoms with Crippen LogP contribution in [0, 0.1) is 0 Å². The van der Waals surface area contributed by atoms with Crippen LogP contribution in [0.4, 0.5) is 5.82 Å². The van der Waals surface area contributed by atoms with Crippen LogP contribution < -0.4 is 4.90 Å². The summed E-state index contributed by atoms with van der Waals surface area (Å²) in [4.78, 5) is 22.7. The predicted octanol–water partition coefficient (Wildman–Crippen LogP) is 0.824. The second-order valence-corrected chi connectivity index (χ2v) is 5.67. The van der Waals surface area contributed by atoms with Crippen LogP contribution in [0.3, 0.4) is 0 Å². The van der Waals surface area contributed by atoms with Gasteiger partial charge in [-0.15, -0.1) is 0 Å². The van der Waals surface area contributed by atoms with Gasteiger partial charge in [0.05, 0.1) is 0 Å². The zero-order chi connectivity index (χ0) is 13.9. The summed E-state index contributed by atoms with van der Waals surface area (Å²) in [6, 6.07) is 6.46. The maximum atomic E-state index is 11.6. The lowest BCUT2D eigenvalue weighted by molar-refractivity contribution is -0.127. The van der Waals surface area contributed by atoms with E-state index in [4.69, 9.17) is 0 Å². The molecule has 2 fully saturated rings. The van der Waals surface area contributed by atoms with E-state index in [1.807, 2.05) is 30.3 Å². The first-order chi connectivity index (χ1) is 9.74. The van der Waals surface area contributed by atoms with Gasteiger partial charge in [-0.1, -0.05) is 6.07 Å².